The number of rotatable bonds is 5. The second-order valence-corrected chi connectivity index (χ2v) is 5.15. The molecule has 2 atom stereocenters. The zero-order valence-corrected chi connectivity index (χ0v) is 10.3. The summed E-state index contributed by atoms with van der Waals surface area (Å²) in [5, 5.41) is 0. The predicted octanol–water partition coefficient (Wildman–Crippen LogP) is 0.582. The Labute approximate surface area is 95.9 Å². The van der Waals surface area contributed by atoms with Crippen LogP contribution in [0.2, 0.25) is 0 Å². The van der Waals surface area contributed by atoms with E-state index in [1.54, 1.807) is 0 Å². The molecule has 0 aliphatic carbocycles. The van der Waals surface area contributed by atoms with E-state index in [9.17, 15) is 4.79 Å². The highest BCUT2D eigenvalue weighted by atomic mass is 32.2. The lowest BCUT2D eigenvalue weighted by molar-refractivity contribution is -0.127. The molecule has 1 fully saturated rings. The third-order valence-corrected chi connectivity index (χ3v) is 4.13. The molecule has 0 aromatic heterocycles. The molecule has 0 spiro atoms. The van der Waals surface area contributed by atoms with E-state index in [-0.39, 0.29) is 11.9 Å². The number of carbonyl (C=O) groups is 1. The minimum absolute atomic E-state index is 0.0590. The van der Waals surface area contributed by atoms with E-state index >= 15 is 0 Å². The van der Waals surface area contributed by atoms with Gasteiger partial charge in [-0.15, -0.1) is 0 Å². The Morgan fingerprint density at radius 1 is 1.73 bits per heavy atom. The zero-order chi connectivity index (χ0) is 11.3. The van der Waals surface area contributed by atoms with Crippen LogP contribution in [0.1, 0.15) is 26.2 Å². The second kappa shape index (κ2) is 6.35. The van der Waals surface area contributed by atoms with Crippen molar-refractivity contribution in [3.63, 3.8) is 0 Å². The van der Waals surface area contributed by atoms with Crippen molar-refractivity contribution in [3.05, 3.63) is 0 Å². The van der Waals surface area contributed by atoms with Crippen LogP contribution >= 0.6 is 11.8 Å². The molecule has 88 valence electrons. The maximum Gasteiger partial charge on any atom is 0.251 e. The van der Waals surface area contributed by atoms with Crippen molar-refractivity contribution < 1.29 is 4.79 Å². The maximum atomic E-state index is 11.6. The van der Waals surface area contributed by atoms with Gasteiger partial charge in [0.15, 0.2) is 0 Å². The number of thioether (sulfide) groups is 1. The first-order chi connectivity index (χ1) is 7.20. The quantitative estimate of drug-likeness (QED) is 0.413. The topological polar surface area (TPSA) is 58.4 Å². The smallest absolute Gasteiger partial charge is 0.251 e. The van der Waals surface area contributed by atoms with Gasteiger partial charge < -0.3 is 0 Å². The molecule has 1 amide bonds. The molecule has 0 saturated carbocycles. The van der Waals surface area contributed by atoms with Crippen LogP contribution in [0.3, 0.4) is 0 Å². The lowest BCUT2D eigenvalue weighted by Gasteiger charge is -2.31. The molecule has 1 aliphatic rings. The summed E-state index contributed by atoms with van der Waals surface area (Å²) in [7, 11) is 2.03. The number of carbonyl (C=O) groups excluding carboxylic acids is 1. The molecule has 15 heavy (non-hydrogen) atoms. The molecule has 1 rings (SSSR count). The Balaban J connectivity index is 2.56. The monoisotopic (exact) mass is 231 g/mol. The maximum absolute atomic E-state index is 11.6. The first-order valence-electron chi connectivity index (χ1n) is 5.50. The summed E-state index contributed by atoms with van der Waals surface area (Å²) in [4.78, 5) is 13.8. The standard InChI is InChI=1S/C10H21N3OS/c1-3-4-9(10(14)12-11)13(2)8-5-6-15-7-8/h8-9H,3-7,11H2,1-2H3,(H,12,14). The Morgan fingerprint density at radius 3 is 2.93 bits per heavy atom. The first-order valence-corrected chi connectivity index (χ1v) is 6.66. The number of hydrogen-bond acceptors (Lipinski definition) is 4. The highest BCUT2D eigenvalue weighted by Gasteiger charge is 2.29. The summed E-state index contributed by atoms with van der Waals surface area (Å²) in [5.41, 5.74) is 2.27. The van der Waals surface area contributed by atoms with Gasteiger partial charge in [0.25, 0.3) is 5.91 Å². The molecule has 3 N–H and O–H groups in total. The van der Waals surface area contributed by atoms with E-state index in [1.165, 1.54) is 12.2 Å². The minimum atomic E-state index is -0.0660. The van der Waals surface area contributed by atoms with Crippen molar-refractivity contribution in [2.45, 2.75) is 38.3 Å². The Morgan fingerprint density at radius 2 is 2.47 bits per heavy atom. The normalized spacial score (nSPS) is 23.1. The van der Waals surface area contributed by atoms with Gasteiger partial charge in [0.2, 0.25) is 0 Å². The number of nitrogens with two attached hydrogens (primary N) is 1. The number of hydrogen-bond donors (Lipinski definition) is 2. The SMILES string of the molecule is CCCC(C(=O)NN)N(C)C1CCSC1. The fraction of sp³-hybridized carbons (Fsp3) is 0.900. The molecule has 5 heteroatoms. The van der Waals surface area contributed by atoms with E-state index in [0.29, 0.717) is 6.04 Å². The van der Waals surface area contributed by atoms with Gasteiger partial charge in [-0.05, 0) is 25.6 Å². The van der Waals surface area contributed by atoms with Crippen molar-refractivity contribution in [1.82, 2.24) is 10.3 Å². The van der Waals surface area contributed by atoms with Gasteiger partial charge in [-0.2, -0.15) is 11.8 Å². The summed E-state index contributed by atoms with van der Waals surface area (Å²) in [5.74, 6) is 7.49. The molecule has 0 aromatic carbocycles. The van der Waals surface area contributed by atoms with Crippen LogP contribution in [-0.2, 0) is 4.79 Å². The molecule has 2 unspecified atom stereocenters. The summed E-state index contributed by atoms with van der Waals surface area (Å²) < 4.78 is 0. The molecule has 0 bridgehead atoms. The minimum Gasteiger partial charge on any atom is -0.293 e. The van der Waals surface area contributed by atoms with Gasteiger partial charge >= 0.3 is 0 Å². The highest BCUT2D eigenvalue weighted by Crippen LogP contribution is 2.23. The second-order valence-electron chi connectivity index (χ2n) is 4.00. The van der Waals surface area contributed by atoms with Gasteiger partial charge in [-0.25, -0.2) is 5.84 Å². The summed E-state index contributed by atoms with van der Waals surface area (Å²) in [6.45, 7) is 2.09. The highest BCUT2D eigenvalue weighted by molar-refractivity contribution is 7.99. The average molecular weight is 231 g/mol. The van der Waals surface area contributed by atoms with Crippen LogP contribution in [-0.4, -0.2) is 41.4 Å². The molecule has 1 saturated heterocycles. The molecular formula is C10H21N3OS. The van der Waals surface area contributed by atoms with Gasteiger partial charge in [0, 0.05) is 11.8 Å². The molecule has 1 aliphatic heterocycles. The van der Waals surface area contributed by atoms with Crippen LogP contribution in [0.25, 0.3) is 0 Å². The number of likely N-dealkylation sites (N-methyl/N-ethyl adjacent to an activating group) is 1. The number of nitrogens with zero attached hydrogens (tertiary/aromatic N) is 1. The zero-order valence-electron chi connectivity index (χ0n) is 9.53. The fourth-order valence-electron chi connectivity index (χ4n) is 1.99. The van der Waals surface area contributed by atoms with Crippen molar-refractivity contribution in [2.24, 2.45) is 5.84 Å². The lowest BCUT2D eigenvalue weighted by atomic mass is 10.1. The first kappa shape index (κ1) is 12.8. The number of nitrogens with one attached hydrogen (secondary N) is 1. The van der Waals surface area contributed by atoms with E-state index in [1.807, 2.05) is 18.8 Å². The molecule has 4 nitrogen and oxygen atoms in total. The van der Waals surface area contributed by atoms with Crippen LogP contribution in [0.5, 0.6) is 0 Å². The molecule has 1 heterocycles. The predicted molar refractivity (Wildman–Crippen MR) is 64.5 cm³/mol. The van der Waals surface area contributed by atoms with Gasteiger partial charge in [0.05, 0.1) is 6.04 Å². The van der Waals surface area contributed by atoms with Crippen LogP contribution in [0.15, 0.2) is 0 Å². The van der Waals surface area contributed by atoms with Gasteiger partial charge in [-0.3, -0.25) is 15.1 Å². The van der Waals surface area contributed by atoms with Crippen molar-refractivity contribution in [1.29, 1.82) is 0 Å². The van der Waals surface area contributed by atoms with Crippen LogP contribution in [0, 0.1) is 0 Å². The average Bonchev–Trinajstić information content (AvgIpc) is 2.77. The van der Waals surface area contributed by atoms with Crippen molar-refractivity contribution >= 4 is 17.7 Å². The van der Waals surface area contributed by atoms with Crippen LogP contribution in [0.4, 0.5) is 0 Å². The number of amides is 1. The lowest BCUT2D eigenvalue weighted by Crippen LogP contribution is -2.51. The van der Waals surface area contributed by atoms with Crippen molar-refractivity contribution in [3.8, 4) is 0 Å². The van der Waals surface area contributed by atoms with Crippen molar-refractivity contribution in [2.75, 3.05) is 18.6 Å². The summed E-state index contributed by atoms with van der Waals surface area (Å²) >= 11 is 1.96. The van der Waals surface area contributed by atoms with E-state index < -0.39 is 0 Å². The number of hydrazine groups is 1. The van der Waals surface area contributed by atoms with E-state index in [0.717, 1.165) is 18.6 Å². The summed E-state index contributed by atoms with van der Waals surface area (Å²) in [6.07, 6.45) is 3.06. The molecule has 0 radical (unpaired) electrons. The Kier molecular flexibility index (Phi) is 5.42. The largest absolute Gasteiger partial charge is 0.293 e. The van der Waals surface area contributed by atoms with E-state index in [4.69, 9.17) is 5.84 Å². The van der Waals surface area contributed by atoms with E-state index in [2.05, 4.69) is 17.2 Å². The molecule has 0 aromatic rings. The summed E-state index contributed by atoms with van der Waals surface area (Å²) in [6, 6.07) is 0.465. The Bertz CT molecular complexity index is 207. The van der Waals surface area contributed by atoms with Gasteiger partial charge in [0.1, 0.15) is 0 Å². The fourth-order valence-corrected chi connectivity index (χ4v) is 3.27. The molecular weight excluding hydrogens is 210 g/mol. The van der Waals surface area contributed by atoms with Crippen LogP contribution < -0.4 is 11.3 Å². The van der Waals surface area contributed by atoms with Gasteiger partial charge in [-0.1, -0.05) is 13.3 Å². The third kappa shape index (κ3) is 3.36. The third-order valence-electron chi connectivity index (χ3n) is 2.98. The Hall–Kier alpha value is -0.260.